The molecule has 1 atom stereocenters. The summed E-state index contributed by atoms with van der Waals surface area (Å²) in [6, 6.07) is 18.4. The molecule has 1 aliphatic rings. The molecule has 1 heterocycles. The van der Waals surface area contributed by atoms with Crippen LogP contribution < -0.4 is 5.32 Å². The van der Waals surface area contributed by atoms with Gasteiger partial charge in [-0.2, -0.15) is 5.10 Å². The molecule has 132 valence electrons. The molecule has 4 heteroatoms. The Labute approximate surface area is 153 Å². The summed E-state index contributed by atoms with van der Waals surface area (Å²) < 4.78 is 1.83. The first kappa shape index (κ1) is 16.6. The van der Waals surface area contributed by atoms with Gasteiger partial charge >= 0.3 is 0 Å². The van der Waals surface area contributed by atoms with Crippen LogP contribution in [0.3, 0.4) is 0 Å². The van der Waals surface area contributed by atoms with Crippen molar-refractivity contribution in [3.63, 3.8) is 0 Å². The minimum absolute atomic E-state index is 0.0536. The number of hydrogen-bond acceptors (Lipinski definition) is 2. The second-order valence-electron chi connectivity index (χ2n) is 7.09. The number of nitrogens with zero attached hydrogens (tertiary/aromatic N) is 2. The third-order valence-corrected chi connectivity index (χ3v) is 5.04. The molecule has 3 aromatic rings. The van der Waals surface area contributed by atoms with Gasteiger partial charge in [0, 0.05) is 0 Å². The molecule has 1 fully saturated rings. The largest absolute Gasteiger partial charge is 0.345 e. The summed E-state index contributed by atoms with van der Waals surface area (Å²) in [5, 5.41) is 7.68. The Morgan fingerprint density at radius 2 is 1.88 bits per heavy atom. The monoisotopic (exact) mass is 345 g/mol. The molecular formula is C22H23N3O. The zero-order valence-electron chi connectivity index (χ0n) is 15.1. The predicted molar refractivity (Wildman–Crippen MR) is 102 cm³/mol. The summed E-state index contributed by atoms with van der Waals surface area (Å²) >= 11 is 0. The van der Waals surface area contributed by atoms with Crippen LogP contribution in [0.25, 0.3) is 5.69 Å². The van der Waals surface area contributed by atoms with Crippen molar-refractivity contribution >= 4 is 5.91 Å². The Balaban J connectivity index is 1.59. The molecule has 0 radical (unpaired) electrons. The van der Waals surface area contributed by atoms with Gasteiger partial charge in [-0.25, -0.2) is 4.68 Å². The van der Waals surface area contributed by atoms with Crippen molar-refractivity contribution in [1.29, 1.82) is 0 Å². The minimum Gasteiger partial charge on any atom is -0.345 e. The number of carbonyl (C=O) groups excluding carboxylic acids is 1. The number of hydrogen-bond donors (Lipinski definition) is 1. The fourth-order valence-corrected chi connectivity index (χ4v) is 3.43. The van der Waals surface area contributed by atoms with E-state index in [1.165, 1.54) is 24.0 Å². The molecule has 4 nitrogen and oxygen atoms in total. The highest BCUT2D eigenvalue weighted by molar-refractivity contribution is 5.95. The molecule has 1 saturated carbocycles. The van der Waals surface area contributed by atoms with Crippen molar-refractivity contribution in [2.45, 2.75) is 32.7 Å². The maximum Gasteiger partial charge on any atom is 0.255 e. The molecule has 0 bridgehead atoms. The number of nitrogens with one attached hydrogen (secondary N) is 1. The van der Waals surface area contributed by atoms with Crippen molar-refractivity contribution in [2.24, 2.45) is 5.92 Å². The summed E-state index contributed by atoms with van der Waals surface area (Å²) in [4.78, 5) is 12.9. The molecule has 1 aromatic heterocycles. The second kappa shape index (κ2) is 6.79. The molecule has 0 spiro atoms. The van der Waals surface area contributed by atoms with Crippen LogP contribution in [0.15, 0.2) is 60.8 Å². The Bertz CT molecular complexity index is 926. The van der Waals surface area contributed by atoms with E-state index in [1.54, 1.807) is 6.20 Å². The Hall–Kier alpha value is -2.88. The van der Waals surface area contributed by atoms with Crippen LogP contribution in [-0.4, -0.2) is 15.7 Å². The van der Waals surface area contributed by atoms with E-state index in [2.05, 4.69) is 41.6 Å². The Kier molecular flexibility index (Phi) is 4.33. The number of carbonyl (C=O) groups is 1. The molecule has 26 heavy (non-hydrogen) atoms. The van der Waals surface area contributed by atoms with Crippen molar-refractivity contribution in [1.82, 2.24) is 15.1 Å². The lowest BCUT2D eigenvalue weighted by Crippen LogP contribution is -2.30. The summed E-state index contributed by atoms with van der Waals surface area (Å²) in [5.41, 5.74) is 4.81. The van der Waals surface area contributed by atoms with Crippen LogP contribution >= 0.6 is 0 Å². The van der Waals surface area contributed by atoms with Crippen LogP contribution in [0.4, 0.5) is 0 Å². The molecular weight excluding hydrogens is 322 g/mol. The van der Waals surface area contributed by atoms with E-state index in [0.29, 0.717) is 11.5 Å². The predicted octanol–water partition coefficient (Wildman–Crippen LogP) is 4.37. The van der Waals surface area contributed by atoms with E-state index < -0.39 is 0 Å². The van der Waals surface area contributed by atoms with E-state index in [0.717, 1.165) is 11.4 Å². The van der Waals surface area contributed by atoms with Gasteiger partial charge in [-0.15, -0.1) is 0 Å². The van der Waals surface area contributed by atoms with Gasteiger partial charge in [0.1, 0.15) is 0 Å². The number of aryl methyl sites for hydroxylation is 1. The summed E-state index contributed by atoms with van der Waals surface area (Å²) in [6.07, 6.45) is 4.00. The average Bonchev–Trinajstić information content (AvgIpc) is 3.42. The number of rotatable bonds is 5. The second-order valence-corrected chi connectivity index (χ2v) is 7.09. The summed E-state index contributed by atoms with van der Waals surface area (Å²) in [7, 11) is 0. The van der Waals surface area contributed by atoms with Crippen LogP contribution in [0.5, 0.6) is 0 Å². The van der Waals surface area contributed by atoms with Crippen LogP contribution in [0.1, 0.15) is 46.1 Å². The number of aromatic nitrogens is 2. The summed E-state index contributed by atoms with van der Waals surface area (Å²) in [6.45, 7) is 3.99. The zero-order valence-corrected chi connectivity index (χ0v) is 15.1. The lowest BCUT2D eigenvalue weighted by atomic mass is 10.0. The van der Waals surface area contributed by atoms with Gasteiger partial charge in [-0.1, -0.05) is 42.5 Å². The Morgan fingerprint density at radius 1 is 1.12 bits per heavy atom. The van der Waals surface area contributed by atoms with Crippen LogP contribution in [0, 0.1) is 19.8 Å². The fourth-order valence-electron chi connectivity index (χ4n) is 3.43. The normalized spacial score (nSPS) is 14.8. The Morgan fingerprint density at radius 3 is 2.58 bits per heavy atom. The molecule has 0 aliphatic heterocycles. The average molecular weight is 345 g/mol. The third kappa shape index (κ3) is 3.27. The topological polar surface area (TPSA) is 46.9 Å². The zero-order chi connectivity index (χ0) is 18.1. The van der Waals surface area contributed by atoms with Crippen molar-refractivity contribution in [2.75, 3.05) is 0 Å². The smallest absolute Gasteiger partial charge is 0.255 e. The van der Waals surface area contributed by atoms with E-state index in [1.807, 2.05) is 41.9 Å². The quantitative estimate of drug-likeness (QED) is 0.746. The molecule has 1 aliphatic carbocycles. The summed E-state index contributed by atoms with van der Waals surface area (Å²) in [5.74, 6) is 0.482. The lowest BCUT2D eigenvalue weighted by molar-refractivity contribution is 0.0931. The molecule has 1 amide bonds. The lowest BCUT2D eigenvalue weighted by Gasteiger charge is -2.18. The highest BCUT2D eigenvalue weighted by Crippen LogP contribution is 2.41. The van der Waals surface area contributed by atoms with E-state index in [4.69, 9.17) is 0 Å². The minimum atomic E-state index is -0.0536. The maximum atomic E-state index is 12.9. The number of amides is 1. The molecule has 1 N–H and O–H groups in total. The third-order valence-electron chi connectivity index (χ3n) is 5.04. The highest BCUT2D eigenvalue weighted by atomic mass is 16.1. The first-order valence-electron chi connectivity index (χ1n) is 9.11. The van der Waals surface area contributed by atoms with E-state index in [-0.39, 0.29) is 11.9 Å². The molecule has 1 unspecified atom stereocenters. The standard InChI is InChI=1S/C22H23N3O/c1-15-7-6-10-19(13-15)25-16(2)20(14-23-25)22(26)24-21(18-11-12-18)17-8-4-3-5-9-17/h3-10,13-14,18,21H,11-12H2,1-2H3,(H,24,26). The van der Waals surface area contributed by atoms with Crippen molar-refractivity contribution < 1.29 is 4.79 Å². The fraction of sp³-hybridized carbons (Fsp3) is 0.273. The molecule has 0 saturated heterocycles. The first-order valence-corrected chi connectivity index (χ1v) is 9.11. The van der Waals surface area contributed by atoms with Crippen molar-refractivity contribution in [3.8, 4) is 5.69 Å². The molecule has 4 rings (SSSR count). The van der Waals surface area contributed by atoms with E-state index >= 15 is 0 Å². The van der Waals surface area contributed by atoms with Gasteiger partial charge in [0.05, 0.1) is 29.2 Å². The highest BCUT2D eigenvalue weighted by Gasteiger charge is 2.34. The van der Waals surface area contributed by atoms with Crippen LogP contribution in [-0.2, 0) is 0 Å². The molecule has 2 aromatic carbocycles. The van der Waals surface area contributed by atoms with Gasteiger partial charge in [0.2, 0.25) is 0 Å². The SMILES string of the molecule is Cc1cccc(-n2ncc(C(=O)NC(c3ccccc3)C3CC3)c2C)c1. The van der Waals surface area contributed by atoms with Gasteiger partial charge in [0.25, 0.3) is 5.91 Å². The van der Waals surface area contributed by atoms with E-state index in [9.17, 15) is 4.79 Å². The van der Waals surface area contributed by atoms with Gasteiger partial charge < -0.3 is 5.32 Å². The first-order chi connectivity index (χ1) is 12.6. The van der Waals surface area contributed by atoms with Gasteiger partial charge in [0.15, 0.2) is 0 Å². The maximum absolute atomic E-state index is 12.9. The van der Waals surface area contributed by atoms with Gasteiger partial charge in [-0.3, -0.25) is 4.79 Å². The number of benzene rings is 2. The van der Waals surface area contributed by atoms with Crippen LogP contribution in [0.2, 0.25) is 0 Å². The van der Waals surface area contributed by atoms with Gasteiger partial charge in [-0.05, 0) is 55.9 Å². The van der Waals surface area contributed by atoms with Crippen molar-refractivity contribution in [3.05, 3.63) is 83.2 Å².